The topological polar surface area (TPSA) is 63.6 Å². The van der Waals surface area contributed by atoms with Gasteiger partial charge in [-0.05, 0) is 36.5 Å². The Morgan fingerprint density at radius 1 is 1.15 bits per heavy atom. The normalized spacial score (nSPS) is 12.5. The molecule has 0 radical (unpaired) electrons. The molecule has 1 rings (SSSR count). The van der Waals surface area contributed by atoms with Crippen LogP contribution in [-0.4, -0.2) is 23.1 Å². The third-order valence-corrected chi connectivity index (χ3v) is 3.05. The highest BCUT2D eigenvalue weighted by Crippen LogP contribution is 2.18. The monoisotopic (exact) mass is 278 g/mol. The van der Waals surface area contributed by atoms with Gasteiger partial charge in [-0.1, -0.05) is 33.8 Å². The molecule has 0 spiro atoms. The number of rotatable bonds is 6. The lowest BCUT2D eigenvalue weighted by Crippen LogP contribution is -2.25. The van der Waals surface area contributed by atoms with Crippen LogP contribution < -0.4 is 0 Å². The minimum Gasteiger partial charge on any atom is -0.478 e. The molecular weight excluding hydrogens is 256 g/mol. The van der Waals surface area contributed by atoms with Crippen molar-refractivity contribution in [3.05, 3.63) is 35.4 Å². The summed E-state index contributed by atoms with van der Waals surface area (Å²) in [6, 6.07) is 5.92. The molecule has 1 aromatic rings. The van der Waals surface area contributed by atoms with Gasteiger partial charge in [-0.3, -0.25) is 0 Å². The number of carbonyl (C=O) groups excluding carboxylic acids is 1. The van der Waals surface area contributed by atoms with Gasteiger partial charge in [-0.15, -0.1) is 0 Å². The Hall–Kier alpha value is -1.84. The van der Waals surface area contributed by atoms with Gasteiger partial charge in [0.15, 0.2) is 0 Å². The quantitative estimate of drug-likeness (QED) is 0.807. The van der Waals surface area contributed by atoms with Crippen LogP contribution in [-0.2, 0) is 4.74 Å². The predicted octanol–water partition coefficient (Wildman–Crippen LogP) is 3.61. The first-order valence-corrected chi connectivity index (χ1v) is 6.85. The first-order chi connectivity index (χ1) is 9.31. The molecule has 20 heavy (non-hydrogen) atoms. The van der Waals surface area contributed by atoms with Crippen molar-refractivity contribution < 1.29 is 19.4 Å². The van der Waals surface area contributed by atoms with Crippen LogP contribution in [0, 0.1) is 11.8 Å². The summed E-state index contributed by atoms with van der Waals surface area (Å²) in [6.45, 7) is 8.17. The summed E-state index contributed by atoms with van der Waals surface area (Å²) >= 11 is 0. The van der Waals surface area contributed by atoms with Gasteiger partial charge >= 0.3 is 11.9 Å². The van der Waals surface area contributed by atoms with Gasteiger partial charge in [0.05, 0.1) is 11.1 Å². The molecule has 0 fully saturated rings. The number of carbonyl (C=O) groups is 2. The van der Waals surface area contributed by atoms with E-state index in [1.54, 1.807) is 12.1 Å². The molecule has 0 aliphatic heterocycles. The molecule has 0 heterocycles. The van der Waals surface area contributed by atoms with E-state index in [0.717, 1.165) is 6.42 Å². The number of benzene rings is 1. The zero-order chi connectivity index (χ0) is 15.3. The number of carboxylic acid groups (broad SMARTS) is 1. The summed E-state index contributed by atoms with van der Waals surface area (Å²) in [5.74, 6) is -0.862. The summed E-state index contributed by atoms with van der Waals surface area (Å²) in [6.07, 6.45) is 0.637. The van der Waals surface area contributed by atoms with Crippen LogP contribution in [0.5, 0.6) is 0 Å². The zero-order valence-corrected chi connectivity index (χ0v) is 12.4. The standard InChI is InChI=1S/C16H22O4/c1-10(2)8-14(11(3)4)20-16(19)13-7-5-6-12(9-13)15(17)18/h5-7,9-11,14H,8H2,1-4H3,(H,17,18). The molecule has 0 aliphatic rings. The third-order valence-electron chi connectivity index (χ3n) is 3.05. The van der Waals surface area contributed by atoms with Crippen LogP contribution in [0.25, 0.3) is 0 Å². The fourth-order valence-electron chi connectivity index (χ4n) is 1.91. The lowest BCUT2D eigenvalue weighted by molar-refractivity contribution is 0.0122. The molecule has 0 aliphatic carbocycles. The van der Waals surface area contributed by atoms with Gasteiger partial charge in [0, 0.05) is 0 Å². The Kier molecular flexibility index (Phi) is 5.74. The Morgan fingerprint density at radius 3 is 2.25 bits per heavy atom. The zero-order valence-electron chi connectivity index (χ0n) is 12.4. The molecule has 0 saturated carbocycles. The molecule has 110 valence electrons. The van der Waals surface area contributed by atoms with Crippen LogP contribution >= 0.6 is 0 Å². The van der Waals surface area contributed by atoms with Gasteiger partial charge in [0.1, 0.15) is 6.10 Å². The van der Waals surface area contributed by atoms with E-state index < -0.39 is 11.9 Å². The smallest absolute Gasteiger partial charge is 0.338 e. The summed E-state index contributed by atoms with van der Waals surface area (Å²) in [4.78, 5) is 23.0. The Morgan fingerprint density at radius 2 is 1.75 bits per heavy atom. The summed E-state index contributed by atoms with van der Waals surface area (Å²) in [5, 5.41) is 8.93. The van der Waals surface area contributed by atoms with Crippen molar-refractivity contribution in [1.29, 1.82) is 0 Å². The number of esters is 1. The first kappa shape index (κ1) is 16.2. The summed E-state index contributed by atoms with van der Waals surface area (Å²) in [5.41, 5.74) is 0.365. The minimum atomic E-state index is -1.05. The van der Waals surface area contributed by atoms with Crippen LogP contribution in [0.3, 0.4) is 0 Å². The van der Waals surface area contributed by atoms with Crippen LogP contribution in [0.15, 0.2) is 24.3 Å². The molecule has 1 atom stereocenters. The minimum absolute atomic E-state index is 0.0874. The molecule has 1 N–H and O–H groups in total. The highest BCUT2D eigenvalue weighted by atomic mass is 16.5. The molecule has 0 aromatic heterocycles. The molecule has 0 amide bonds. The Bertz CT molecular complexity index is 477. The van der Waals surface area contributed by atoms with E-state index in [0.29, 0.717) is 5.92 Å². The van der Waals surface area contributed by atoms with Crippen molar-refractivity contribution in [2.24, 2.45) is 11.8 Å². The maximum absolute atomic E-state index is 12.1. The number of hydrogen-bond acceptors (Lipinski definition) is 3. The number of carboxylic acids is 1. The van der Waals surface area contributed by atoms with Crippen molar-refractivity contribution in [1.82, 2.24) is 0 Å². The molecule has 4 heteroatoms. The van der Waals surface area contributed by atoms with Gasteiger partial charge in [-0.25, -0.2) is 9.59 Å². The van der Waals surface area contributed by atoms with Crippen LogP contribution in [0.2, 0.25) is 0 Å². The predicted molar refractivity (Wildman–Crippen MR) is 76.9 cm³/mol. The molecule has 4 nitrogen and oxygen atoms in total. The second-order valence-corrected chi connectivity index (χ2v) is 5.70. The number of aromatic carboxylic acids is 1. The molecule has 0 bridgehead atoms. The fourth-order valence-corrected chi connectivity index (χ4v) is 1.91. The van der Waals surface area contributed by atoms with E-state index in [-0.39, 0.29) is 23.1 Å². The van der Waals surface area contributed by atoms with Gasteiger partial charge in [-0.2, -0.15) is 0 Å². The van der Waals surface area contributed by atoms with Crippen molar-refractivity contribution in [2.75, 3.05) is 0 Å². The largest absolute Gasteiger partial charge is 0.478 e. The average molecular weight is 278 g/mol. The number of hydrogen-bond donors (Lipinski definition) is 1. The Labute approximate surface area is 119 Å². The van der Waals surface area contributed by atoms with Gasteiger partial charge in [0.25, 0.3) is 0 Å². The van der Waals surface area contributed by atoms with Crippen molar-refractivity contribution in [3.63, 3.8) is 0 Å². The van der Waals surface area contributed by atoms with Crippen molar-refractivity contribution in [2.45, 2.75) is 40.2 Å². The van der Waals surface area contributed by atoms with E-state index in [4.69, 9.17) is 9.84 Å². The van der Waals surface area contributed by atoms with Crippen LogP contribution in [0.4, 0.5) is 0 Å². The molecular formula is C16H22O4. The maximum atomic E-state index is 12.1. The number of ether oxygens (including phenoxy) is 1. The van der Waals surface area contributed by atoms with Gasteiger partial charge < -0.3 is 9.84 Å². The SMILES string of the molecule is CC(C)CC(OC(=O)c1cccc(C(=O)O)c1)C(C)C. The fraction of sp³-hybridized carbons (Fsp3) is 0.500. The van der Waals surface area contributed by atoms with E-state index in [1.807, 2.05) is 13.8 Å². The lowest BCUT2D eigenvalue weighted by Gasteiger charge is -2.23. The first-order valence-electron chi connectivity index (χ1n) is 6.85. The summed E-state index contributed by atoms with van der Waals surface area (Å²) in [7, 11) is 0. The molecule has 0 saturated heterocycles. The Balaban J connectivity index is 2.83. The maximum Gasteiger partial charge on any atom is 0.338 e. The average Bonchev–Trinajstić information content (AvgIpc) is 2.37. The van der Waals surface area contributed by atoms with Crippen LogP contribution in [0.1, 0.15) is 54.8 Å². The highest BCUT2D eigenvalue weighted by molar-refractivity contribution is 5.94. The van der Waals surface area contributed by atoms with Crippen molar-refractivity contribution in [3.8, 4) is 0 Å². The highest BCUT2D eigenvalue weighted by Gasteiger charge is 2.21. The second-order valence-electron chi connectivity index (χ2n) is 5.70. The van der Waals surface area contributed by atoms with E-state index >= 15 is 0 Å². The van der Waals surface area contributed by atoms with E-state index in [1.165, 1.54) is 12.1 Å². The third kappa shape index (κ3) is 4.68. The lowest BCUT2D eigenvalue weighted by atomic mass is 9.97. The molecule has 1 unspecified atom stereocenters. The van der Waals surface area contributed by atoms with Gasteiger partial charge in [0.2, 0.25) is 0 Å². The van der Waals surface area contributed by atoms with Crippen molar-refractivity contribution >= 4 is 11.9 Å². The van der Waals surface area contributed by atoms with E-state index in [2.05, 4.69) is 13.8 Å². The van der Waals surface area contributed by atoms with E-state index in [9.17, 15) is 9.59 Å². The summed E-state index contributed by atoms with van der Waals surface area (Å²) < 4.78 is 5.51. The second kappa shape index (κ2) is 7.08. The molecule has 1 aromatic carbocycles.